The van der Waals surface area contributed by atoms with Crippen LogP contribution in [0.5, 0.6) is 5.75 Å². The summed E-state index contributed by atoms with van der Waals surface area (Å²) in [6.07, 6.45) is 0.405. The lowest BCUT2D eigenvalue weighted by molar-refractivity contribution is -0.139. The summed E-state index contributed by atoms with van der Waals surface area (Å²) >= 11 is 1.43. The van der Waals surface area contributed by atoms with E-state index < -0.39 is 12.0 Å². The topological polar surface area (TPSA) is 75.6 Å². The number of benzene rings is 1. The molecule has 2 N–H and O–H groups in total. The van der Waals surface area contributed by atoms with Crippen molar-refractivity contribution in [1.29, 1.82) is 0 Å². The molecule has 1 unspecified atom stereocenters. The Labute approximate surface area is 110 Å². The van der Waals surface area contributed by atoms with Crippen molar-refractivity contribution >= 4 is 24.1 Å². The van der Waals surface area contributed by atoms with E-state index in [0.29, 0.717) is 17.9 Å². The van der Waals surface area contributed by atoms with Crippen LogP contribution in [-0.2, 0) is 15.3 Å². The molecule has 0 fully saturated rings. The lowest BCUT2D eigenvalue weighted by Crippen LogP contribution is -2.37. The van der Waals surface area contributed by atoms with E-state index in [9.17, 15) is 9.59 Å². The average molecular weight is 269 g/mol. The Morgan fingerprint density at radius 1 is 1.56 bits per heavy atom. The van der Waals surface area contributed by atoms with Crippen molar-refractivity contribution in [1.82, 2.24) is 5.32 Å². The number of para-hydroxylation sites is 1. The Hall–Kier alpha value is -1.69. The van der Waals surface area contributed by atoms with E-state index in [0.717, 1.165) is 11.3 Å². The van der Waals surface area contributed by atoms with E-state index in [1.165, 1.54) is 11.8 Å². The number of ether oxygens (including phenoxy) is 1. The van der Waals surface area contributed by atoms with Crippen LogP contribution in [0.3, 0.4) is 0 Å². The van der Waals surface area contributed by atoms with Crippen LogP contribution in [-0.4, -0.2) is 36.4 Å². The number of amides is 1. The zero-order valence-electron chi connectivity index (χ0n) is 9.96. The van der Waals surface area contributed by atoms with Crippen molar-refractivity contribution in [2.24, 2.45) is 0 Å². The molecular formula is C12H15NO4S. The van der Waals surface area contributed by atoms with Gasteiger partial charge in [0.05, 0.1) is 7.11 Å². The highest BCUT2D eigenvalue weighted by molar-refractivity contribution is 7.98. The van der Waals surface area contributed by atoms with Gasteiger partial charge >= 0.3 is 5.97 Å². The SMILES string of the molecule is COc1ccccc1CSCC(NC=O)C(=O)O. The smallest absolute Gasteiger partial charge is 0.327 e. The predicted molar refractivity (Wildman–Crippen MR) is 69.8 cm³/mol. The van der Waals surface area contributed by atoms with Crippen LogP contribution >= 0.6 is 11.8 Å². The number of carbonyl (C=O) groups excluding carboxylic acids is 1. The van der Waals surface area contributed by atoms with Crippen molar-refractivity contribution < 1.29 is 19.4 Å². The number of aliphatic carboxylic acids is 1. The van der Waals surface area contributed by atoms with Crippen LogP contribution < -0.4 is 10.1 Å². The summed E-state index contributed by atoms with van der Waals surface area (Å²) in [5.41, 5.74) is 1.00. The summed E-state index contributed by atoms with van der Waals surface area (Å²) in [5.74, 6) is 0.690. The third-order valence-corrected chi connectivity index (χ3v) is 3.39. The first-order chi connectivity index (χ1) is 8.69. The second-order valence-electron chi connectivity index (χ2n) is 3.50. The molecule has 0 aliphatic rings. The fraction of sp³-hybridized carbons (Fsp3) is 0.333. The standard InChI is InChI=1S/C12H15NO4S/c1-17-11-5-3-2-4-9(11)6-18-7-10(12(15)16)13-8-14/h2-5,8,10H,6-7H2,1H3,(H,13,14)(H,15,16). The van der Waals surface area contributed by atoms with Crippen molar-refractivity contribution in [2.75, 3.05) is 12.9 Å². The van der Waals surface area contributed by atoms with Gasteiger partial charge in [-0.1, -0.05) is 18.2 Å². The molecule has 0 heterocycles. The van der Waals surface area contributed by atoms with Crippen molar-refractivity contribution in [2.45, 2.75) is 11.8 Å². The minimum absolute atomic E-state index is 0.312. The van der Waals surface area contributed by atoms with Gasteiger partial charge in [0.1, 0.15) is 11.8 Å². The van der Waals surface area contributed by atoms with E-state index in [4.69, 9.17) is 9.84 Å². The average Bonchev–Trinajstić information content (AvgIpc) is 2.38. The van der Waals surface area contributed by atoms with Crippen LogP contribution in [0.4, 0.5) is 0 Å². The van der Waals surface area contributed by atoms with Gasteiger partial charge in [0.25, 0.3) is 0 Å². The number of carbonyl (C=O) groups is 2. The van der Waals surface area contributed by atoms with Crippen molar-refractivity contribution in [3.8, 4) is 5.75 Å². The highest BCUT2D eigenvalue weighted by Gasteiger charge is 2.16. The first-order valence-corrected chi connectivity index (χ1v) is 6.46. The molecule has 0 saturated carbocycles. The van der Waals surface area contributed by atoms with Gasteiger partial charge in [-0.05, 0) is 6.07 Å². The molecule has 0 bridgehead atoms. The second-order valence-corrected chi connectivity index (χ2v) is 4.53. The lowest BCUT2D eigenvalue weighted by Gasteiger charge is -2.11. The normalized spacial score (nSPS) is 11.6. The number of nitrogens with one attached hydrogen (secondary N) is 1. The summed E-state index contributed by atoms with van der Waals surface area (Å²) < 4.78 is 5.20. The van der Waals surface area contributed by atoms with Gasteiger partial charge in [-0.25, -0.2) is 4.79 Å². The monoisotopic (exact) mass is 269 g/mol. The minimum atomic E-state index is -1.03. The molecule has 6 heteroatoms. The zero-order valence-corrected chi connectivity index (χ0v) is 10.8. The van der Waals surface area contributed by atoms with Crippen LogP contribution in [0.15, 0.2) is 24.3 Å². The quantitative estimate of drug-likeness (QED) is 0.692. The molecule has 1 rings (SSSR count). The van der Waals surface area contributed by atoms with Crippen LogP contribution in [0.25, 0.3) is 0 Å². The van der Waals surface area contributed by atoms with E-state index in [-0.39, 0.29) is 0 Å². The molecule has 0 aliphatic heterocycles. The number of thioether (sulfide) groups is 1. The molecule has 0 saturated heterocycles. The molecule has 1 atom stereocenters. The van der Waals surface area contributed by atoms with E-state index in [1.54, 1.807) is 7.11 Å². The van der Waals surface area contributed by atoms with Crippen LogP contribution in [0.1, 0.15) is 5.56 Å². The number of carboxylic acids is 1. The highest BCUT2D eigenvalue weighted by Crippen LogP contribution is 2.22. The maximum absolute atomic E-state index is 10.8. The van der Waals surface area contributed by atoms with E-state index in [2.05, 4.69) is 5.32 Å². The van der Waals surface area contributed by atoms with Gasteiger partial charge in [-0.2, -0.15) is 11.8 Å². The van der Waals surface area contributed by atoms with Gasteiger partial charge in [0, 0.05) is 17.1 Å². The third-order valence-electron chi connectivity index (χ3n) is 2.30. The van der Waals surface area contributed by atoms with Crippen LogP contribution in [0, 0.1) is 0 Å². The molecule has 18 heavy (non-hydrogen) atoms. The van der Waals surface area contributed by atoms with Gasteiger partial charge in [-0.3, -0.25) is 4.79 Å². The van der Waals surface area contributed by atoms with E-state index >= 15 is 0 Å². The molecule has 1 aromatic carbocycles. The van der Waals surface area contributed by atoms with Gasteiger partial charge in [0.2, 0.25) is 6.41 Å². The Kier molecular flexibility index (Phi) is 6.07. The molecule has 5 nitrogen and oxygen atoms in total. The Morgan fingerprint density at radius 2 is 2.28 bits per heavy atom. The molecular weight excluding hydrogens is 254 g/mol. The molecule has 0 aromatic heterocycles. The number of hydrogen-bond donors (Lipinski definition) is 2. The maximum Gasteiger partial charge on any atom is 0.327 e. The third kappa shape index (κ3) is 4.29. The fourth-order valence-corrected chi connectivity index (χ4v) is 2.43. The number of methoxy groups -OCH3 is 1. The van der Waals surface area contributed by atoms with Gasteiger partial charge < -0.3 is 15.2 Å². The van der Waals surface area contributed by atoms with Crippen LogP contribution in [0.2, 0.25) is 0 Å². The molecule has 1 aromatic rings. The fourth-order valence-electron chi connectivity index (χ4n) is 1.38. The van der Waals surface area contributed by atoms with Gasteiger partial charge in [0.15, 0.2) is 0 Å². The van der Waals surface area contributed by atoms with Crippen molar-refractivity contribution in [3.05, 3.63) is 29.8 Å². The number of rotatable bonds is 8. The molecule has 0 spiro atoms. The molecule has 1 amide bonds. The predicted octanol–water partition coefficient (Wildman–Crippen LogP) is 1.13. The summed E-state index contributed by atoms with van der Waals surface area (Å²) in [6.45, 7) is 0. The molecule has 0 radical (unpaired) electrons. The summed E-state index contributed by atoms with van der Waals surface area (Å²) in [6, 6.07) is 6.70. The zero-order chi connectivity index (χ0) is 13.4. The summed E-state index contributed by atoms with van der Waals surface area (Å²) in [7, 11) is 1.59. The highest BCUT2D eigenvalue weighted by atomic mass is 32.2. The first kappa shape index (κ1) is 14.4. The minimum Gasteiger partial charge on any atom is -0.496 e. The first-order valence-electron chi connectivity index (χ1n) is 5.31. The Morgan fingerprint density at radius 3 is 2.89 bits per heavy atom. The lowest BCUT2D eigenvalue weighted by atomic mass is 10.2. The summed E-state index contributed by atoms with van der Waals surface area (Å²) in [5, 5.41) is 11.1. The largest absolute Gasteiger partial charge is 0.496 e. The number of carboxylic acid groups (broad SMARTS) is 1. The summed E-state index contributed by atoms with van der Waals surface area (Å²) in [4.78, 5) is 21.0. The van der Waals surface area contributed by atoms with Crippen molar-refractivity contribution in [3.63, 3.8) is 0 Å². The maximum atomic E-state index is 10.8. The number of hydrogen-bond acceptors (Lipinski definition) is 4. The Bertz CT molecular complexity index is 411. The van der Waals surface area contributed by atoms with E-state index in [1.807, 2.05) is 24.3 Å². The second kappa shape index (κ2) is 7.60. The molecule has 0 aliphatic carbocycles. The Balaban J connectivity index is 2.49. The van der Waals surface area contributed by atoms with Gasteiger partial charge in [-0.15, -0.1) is 0 Å². The molecule has 98 valence electrons.